The van der Waals surface area contributed by atoms with Gasteiger partial charge in [-0.1, -0.05) is 57.5 Å². The van der Waals surface area contributed by atoms with Crippen LogP contribution in [0.2, 0.25) is 0 Å². The van der Waals surface area contributed by atoms with Gasteiger partial charge in [0, 0.05) is 16.9 Å². The van der Waals surface area contributed by atoms with Crippen LogP contribution in [0.4, 0.5) is 0 Å². The standard InChI is InChI=1S/C25H32O4/c1-4-8-19(13-26)23-16-29-25-21(23)12-20(11-17(2)3)24(22(25)14-27)28-15-18-9-6-5-7-10-18/h5-7,9-10,12,16-17,19,26-27H,4,8,11,13-15H2,1-3H3. The number of benzene rings is 2. The molecule has 0 aliphatic heterocycles. The van der Waals surface area contributed by atoms with Crippen molar-refractivity contribution in [1.82, 2.24) is 0 Å². The van der Waals surface area contributed by atoms with E-state index in [9.17, 15) is 10.2 Å². The van der Waals surface area contributed by atoms with Crippen LogP contribution in [0.15, 0.2) is 47.1 Å². The summed E-state index contributed by atoms with van der Waals surface area (Å²) >= 11 is 0. The van der Waals surface area contributed by atoms with E-state index in [4.69, 9.17) is 9.15 Å². The zero-order valence-corrected chi connectivity index (χ0v) is 17.6. The van der Waals surface area contributed by atoms with Gasteiger partial charge in [-0.05, 0) is 36.0 Å². The second kappa shape index (κ2) is 9.95. The minimum atomic E-state index is -0.156. The third-order valence-corrected chi connectivity index (χ3v) is 5.33. The second-order valence-corrected chi connectivity index (χ2v) is 8.11. The molecule has 0 saturated heterocycles. The van der Waals surface area contributed by atoms with Crippen LogP contribution in [-0.2, 0) is 19.6 Å². The highest BCUT2D eigenvalue weighted by molar-refractivity contribution is 5.87. The molecule has 2 N–H and O–H groups in total. The Balaban J connectivity index is 2.08. The first kappa shape index (κ1) is 21.4. The van der Waals surface area contributed by atoms with Gasteiger partial charge in [0.05, 0.1) is 25.0 Å². The van der Waals surface area contributed by atoms with Crippen molar-refractivity contribution in [1.29, 1.82) is 0 Å². The van der Waals surface area contributed by atoms with E-state index >= 15 is 0 Å². The summed E-state index contributed by atoms with van der Waals surface area (Å²) in [6.07, 6.45) is 4.46. The fourth-order valence-corrected chi connectivity index (χ4v) is 3.95. The van der Waals surface area contributed by atoms with E-state index < -0.39 is 0 Å². The molecule has 156 valence electrons. The average molecular weight is 397 g/mol. The first-order valence-corrected chi connectivity index (χ1v) is 10.5. The molecular formula is C25H32O4. The summed E-state index contributed by atoms with van der Waals surface area (Å²) in [5.41, 5.74) is 4.51. The Morgan fingerprint density at radius 2 is 1.86 bits per heavy atom. The van der Waals surface area contributed by atoms with Crippen LogP contribution in [0, 0.1) is 5.92 Å². The largest absolute Gasteiger partial charge is 0.488 e. The third kappa shape index (κ3) is 4.82. The molecule has 1 aromatic heterocycles. The molecule has 0 bridgehead atoms. The number of furan rings is 1. The molecule has 4 nitrogen and oxygen atoms in total. The molecule has 0 amide bonds. The highest BCUT2D eigenvalue weighted by Gasteiger charge is 2.23. The summed E-state index contributed by atoms with van der Waals surface area (Å²) < 4.78 is 12.1. The Kier molecular flexibility index (Phi) is 7.34. The molecule has 3 aromatic rings. The predicted octanol–water partition coefficient (Wildman–Crippen LogP) is 5.58. The van der Waals surface area contributed by atoms with Gasteiger partial charge >= 0.3 is 0 Å². The van der Waals surface area contributed by atoms with Crippen LogP contribution in [0.3, 0.4) is 0 Å². The summed E-state index contributed by atoms with van der Waals surface area (Å²) in [5, 5.41) is 21.0. The lowest BCUT2D eigenvalue weighted by Gasteiger charge is -2.18. The maximum atomic E-state index is 10.2. The molecule has 0 fully saturated rings. The Morgan fingerprint density at radius 3 is 2.48 bits per heavy atom. The van der Waals surface area contributed by atoms with Gasteiger partial charge in [-0.25, -0.2) is 0 Å². The van der Waals surface area contributed by atoms with Gasteiger partial charge in [-0.2, -0.15) is 0 Å². The number of ether oxygens (including phenoxy) is 1. The quantitative estimate of drug-likeness (QED) is 0.470. The molecule has 1 heterocycles. The topological polar surface area (TPSA) is 62.8 Å². The first-order chi connectivity index (χ1) is 14.1. The van der Waals surface area contributed by atoms with Gasteiger partial charge in [-0.3, -0.25) is 0 Å². The summed E-state index contributed by atoms with van der Waals surface area (Å²) in [4.78, 5) is 0. The summed E-state index contributed by atoms with van der Waals surface area (Å²) in [5.74, 6) is 1.20. The normalized spacial score (nSPS) is 12.6. The molecule has 1 atom stereocenters. The Morgan fingerprint density at radius 1 is 1.10 bits per heavy atom. The van der Waals surface area contributed by atoms with Crippen LogP contribution < -0.4 is 4.74 Å². The van der Waals surface area contributed by atoms with Crippen molar-refractivity contribution in [3.63, 3.8) is 0 Å². The molecule has 0 spiro atoms. The highest BCUT2D eigenvalue weighted by atomic mass is 16.5. The molecule has 2 aromatic carbocycles. The molecule has 4 heteroatoms. The number of fused-ring (bicyclic) bond motifs is 1. The molecule has 0 radical (unpaired) electrons. The molecule has 1 unspecified atom stereocenters. The van der Waals surface area contributed by atoms with E-state index in [0.717, 1.165) is 47.1 Å². The van der Waals surface area contributed by atoms with Gasteiger partial charge < -0.3 is 19.4 Å². The van der Waals surface area contributed by atoms with Gasteiger partial charge in [0.15, 0.2) is 0 Å². The molecular weight excluding hydrogens is 364 g/mol. The molecule has 29 heavy (non-hydrogen) atoms. The average Bonchev–Trinajstić information content (AvgIpc) is 3.13. The van der Waals surface area contributed by atoms with Gasteiger partial charge in [0.25, 0.3) is 0 Å². The lowest BCUT2D eigenvalue weighted by molar-refractivity contribution is 0.257. The number of hydrogen-bond acceptors (Lipinski definition) is 4. The number of aliphatic hydroxyl groups excluding tert-OH is 2. The van der Waals surface area contributed by atoms with Crippen LogP contribution in [0.5, 0.6) is 5.75 Å². The zero-order chi connectivity index (χ0) is 20.8. The number of aliphatic hydroxyl groups is 2. The van der Waals surface area contributed by atoms with Crippen molar-refractivity contribution in [2.45, 2.75) is 59.2 Å². The molecule has 0 saturated carbocycles. The van der Waals surface area contributed by atoms with Crippen molar-refractivity contribution in [3.8, 4) is 5.75 Å². The van der Waals surface area contributed by atoms with Crippen LogP contribution >= 0.6 is 0 Å². The van der Waals surface area contributed by atoms with E-state index in [0.29, 0.717) is 23.7 Å². The van der Waals surface area contributed by atoms with Crippen molar-refractivity contribution >= 4 is 11.0 Å². The van der Waals surface area contributed by atoms with E-state index in [1.165, 1.54) is 0 Å². The summed E-state index contributed by atoms with van der Waals surface area (Å²) in [6, 6.07) is 12.2. The lowest BCUT2D eigenvalue weighted by atomic mass is 9.91. The van der Waals surface area contributed by atoms with Crippen LogP contribution in [0.1, 0.15) is 61.8 Å². The SMILES string of the molecule is CCCC(CO)c1coc2c(CO)c(OCc3ccccc3)c(CC(C)C)cc12. The van der Waals surface area contributed by atoms with Crippen molar-refractivity contribution in [2.24, 2.45) is 5.92 Å². The van der Waals surface area contributed by atoms with Gasteiger partial charge in [-0.15, -0.1) is 0 Å². The van der Waals surface area contributed by atoms with E-state index in [2.05, 4.69) is 26.8 Å². The van der Waals surface area contributed by atoms with Crippen molar-refractivity contribution < 1.29 is 19.4 Å². The fraction of sp³-hybridized carbons (Fsp3) is 0.440. The Labute approximate surface area is 173 Å². The molecule has 0 aliphatic rings. The maximum Gasteiger partial charge on any atom is 0.143 e. The second-order valence-electron chi connectivity index (χ2n) is 8.11. The predicted molar refractivity (Wildman–Crippen MR) is 116 cm³/mol. The van der Waals surface area contributed by atoms with E-state index in [1.54, 1.807) is 6.26 Å². The van der Waals surface area contributed by atoms with Crippen molar-refractivity contribution in [2.75, 3.05) is 6.61 Å². The fourth-order valence-electron chi connectivity index (χ4n) is 3.95. The van der Waals surface area contributed by atoms with Gasteiger partial charge in [0.1, 0.15) is 17.9 Å². The molecule has 3 rings (SSSR count). The van der Waals surface area contributed by atoms with Crippen LogP contribution in [0.25, 0.3) is 11.0 Å². The minimum absolute atomic E-state index is 0.0378. The number of hydrogen-bond donors (Lipinski definition) is 2. The third-order valence-electron chi connectivity index (χ3n) is 5.33. The maximum absolute atomic E-state index is 10.2. The van der Waals surface area contributed by atoms with Crippen LogP contribution in [-0.4, -0.2) is 16.8 Å². The minimum Gasteiger partial charge on any atom is -0.488 e. The lowest BCUT2D eigenvalue weighted by Crippen LogP contribution is -2.06. The van der Waals surface area contributed by atoms with E-state index in [-0.39, 0.29) is 19.1 Å². The van der Waals surface area contributed by atoms with E-state index in [1.807, 2.05) is 30.3 Å². The Bertz CT molecular complexity index is 911. The smallest absolute Gasteiger partial charge is 0.143 e. The monoisotopic (exact) mass is 396 g/mol. The summed E-state index contributed by atoms with van der Waals surface area (Å²) in [6.45, 7) is 6.83. The van der Waals surface area contributed by atoms with Crippen molar-refractivity contribution in [3.05, 3.63) is 64.9 Å². The summed E-state index contributed by atoms with van der Waals surface area (Å²) in [7, 11) is 0. The first-order valence-electron chi connectivity index (χ1n) is 10.5. The Hall–Kier alpha value is -2.30. The highest BCUT2D eigenvalue weighted by Crippen LogP contribution is 2.39. The van der Waals surface area contributed by atoms with Gasteiger partial charge in [0.2, 0.25) is 0 Å². The molecule has 0 aliphatic carbocycles. The zero-order valence-electron chi connectivity index (χ0n) is 17.6. The number of rotatable bonds is 10.